The van der Waals surface area contributed by atoms with Gasteiger partial charge in [-0.3, -0.25) is 9.69 Å². The van der Waals surface area contributed by atoms with Crippen molar-refractivity contribution in [2.75, 3.05) is 50.8 Å². The van der Waals surface area contributed by atoms with Gasteiger partial charge in [0.1, 0.15) is 5.75 Å². The molecule has 0 aromatic heterocycles. The van der Waals surface area contributed by atoms with Gasteiger partial charge in [0, 0.05) is 49.4 Å². The highest BCUT2D eigenvalue weighted by Gasteiger charge is 2.17. The van der Waals surface area contributed by atoms with Crippen molar-refractivity contribution in [3.63, 3.8) is 0 Å². The van der Waals surface area contributed by atoms with Crippen molar-refractivity contribution < 1.29 is 9.53 Å². The summed E-state index contributed by atoms with van der Waals surface area (Å²) in [6.07, 6.45) is 0. The Bertz CT molecular complexity index is 743. The summed E-state index contributed by atoms with van der Waals surface area (Å²) in [5, 5.41) is 2.93. The summed E-state index contributed by atoms with van der Waals surface area (Å²) in [6, 6.07) is 16.1. The Morgan fingerprint density at radius 2 is 1.85 bits per heavy atom. The van der Waals surface area contributed by atoms with E-state index in [1.54, 1.807) is 0 Å². The molecule has 27 heavy (non-hydrogen) atoms. The lowest BCUT2D eigenvalue weighted by Crippen LogP contribution is -2.48. The quantitative estimate of drug-likeness (QED) is 0.731. The summed E-state index contributed by atoms with van der Waals surface area (Å²) in [6.45, 7) is 7.75. The lowest BCUT2D eigenvalue weighted by atomic mass is 10.2. The van der Waals surface area contributed by atoms with Crippen LogP contribution in [0.3, 0.4) is 0 Å². The Labute approximate surface area is 169 Å². The third-order valence-electron chi connectivity index (χ3n) is 4.67. The number of nitrogens with one attached hydrogen (secondary N) is 1. The van der Waals surface area contributed by atoms with Crippen molar-refractivity contribution >= 4 is 27.5 Å². The van der Waals surface area contributed by atoms with Gasteiger partial charge in [0.25, 0.3) is 5.91 Å². The normalized spacial score (nSPS) is 14.8. The topological polar surface area (TPSA) is 44.8 Å². The molecule has 0 atom stereocenters. The predicted octanol–water partition coefficient (Wildman–Crippen LogP) is 3.07. The number of carbonyl (C=O) groups is 1. The number of hydrogen-bond acceptors (Lipinski definition) is 4. The number of benzene rings is 2. The van der Waals surface area contributed by atoms with Gasteiger partial charge in [-0.1, -0.05) is 28.1 Å². The molecule has 144 valence electrons. The monoisotopic (exact) mass is 431 g/mol. The van der Waals surface area contributed by atoms with Crippen molar-refractivity contribution in [1.29, 1.82) is 0 Å². The average Bonchev–Trinajstić information content (AvgIpc) is 2.68. The number of aryl methyl sites for hydroxylation is 1. The van der Waals surface area contributed by atoms with E-state index in [1.165, 1.54) is 11.3 Å². The molecule has 1 aliphatic rings. The first kappa shape index (κ1) is 19.7. The Kier molecular flexibility index (Phi) is 7.12. The summed E-state index contributed by atoms with van der Waals surface area (Å²) in [4.78, 5) is 16.7. The molecule has 2 aromatic rings. The molecule has 6 heteroatoms. The fraction of sp³-hybridized carbons (Fsp3) is 0.381. The van der Waals surface area contributed by atoms with Gasteiger partial charge in [0.2, 0.25) is 0 Å². The zero-order valence-electron chi connectivity index (χ0n) is 15.7. The number of anilines is 1. The minimum Gasteiger partial charge on any atom is -0.484 e. The lowest BCUT2D eigenvalue weighted by Gasteiger charge is -2.36. The van der Waals surface area contributed by atoms with Crippen LogP contribution in [0.15, 0.2) is 53.0 Å². The second kappa shape index (κ2) is 9.76. The van der Waals surface area contributed by atoms with Crippen LogP contribution in [0, 0.1) is 6.92 Å². The minimum absolute atomic E-state index is 0.0444. The maximum atomic E-state index is 11.9. The zero-order valence-corrected chi connectivity index (χ0v) is 17.2. The van der Waals surface area contributed by atoms with Gasteiger partial charge in [-0.25, -0.2) is 0 Å². The first-order chi connectivity index (χ1) is 13.1. The third-order valence-corrected chi connectivity index (χ3v) is 5.20. The Morgan fingerprint density at radius 1 is 1.11 bits per heavy atom. The SMILES string of the molecule is Cc1cccc(N2CCN(CCNC(=O)COc3ccc(Br)cc3)CC2)c1. The largest absolute Gasteiger partial charge is 0.484 e. The number of amides is 1. The van der Waals surface area contributed by atoms with Crippen molar-refractivity contribution in [3.05, 3.63) is 58.6 Å². The van der Waals surface area contributed by atoms with Crippen molar-refractivity contribution in [2.45, 2.75) is 6.92 Å². The van der Waals surface area contributed by atoms with Crippen LogP contribution in [0.1, 0.15) is 5.56 Å². The Morgan fingerprint density at radius 3 is 2.56 bits per heavy atom. The van der Waals surface area contributed by atoms with Crippen LogP contribution >= 0.6 is 15.9 Å². The van der Waals surface area contributed by atoms with Gasteiger partial charge < -0.3 is 15.0 Å². The summed E-state index contributed by atoms with van der Waals surface area (Å²) < 4.78 is 6.47. The molecular formula is C21H26BrN3O2. The molecule has 0 bridgehead atoms. The van der Waals surface area contributed by atoms with E-state index in [0.717, 1.165) is 37.2 Å². The lowest BCUT2D eigenvalue weighted by molar-refractivity contribution is -0.123. The Balaban J connectivity index is 1.32. The molecule has 0 radical (unpaired) electrons. The number of hydrogen-bond donors (Lipinski definition) is 1. The van der Waals surface area contributed by atoms with Gasteiger partial charge in [0.05, 0.1) is 0 Å². The number of ether oxygens (including phenoxy) is 1. The van der Waals surface area contributed by atoms with Crippen LogP contribution in [-0.4, -0.2) is 56.7 Å². The zero-order chi connectivity index (χ0) is 19.1. The van der Waals surface area contributed by atoms with Crippen molar-refractivity contribution in [2.24, 2.45) is 0 Å². The van der Waals surface area contributed by atoms with Crippen molar-refractivity contribution in [1.82, 2.24) is 10.2 Å². The second-order valence-electron chi connectivity index (χ2n) is 6.76. The molecule has 0 saturated carbocycles. The molecule has 0 unspecified atom stereocenters. The predicted molar refractivity (Wildman–Crippen MR) is 112 cm³/mol. The summed E-state index contributed by atoms with van der Waals surface area (Å²) in [5.74, 6) is 0.608. The van der Waals surface area contributed by atoms with Crippen LogP contribution in [-0.2, 0) is 4.79 Å². The molecule has 3 rings (SSSR count). The first-order valence-corrected chi connectivity index (χ1v) is 10.1. The van der Waals surface area contributed by atoms with E-state index in [4.69, 9.17) is 4.74 Å². The Hall–Kier alpha value is -2.05. The van der Waals surface area contributed by atoms with Gasteiger partial charge in [-0.2, -0.15) is 0 Å². The molecule has 1 amide bonds. The van der Waals surface area contributed by atoms with E-state index in [2.05, 4.69) is 62.2 Å². The molecule has 1 N–H and O–H groups in total. The third kappa shape index (κ3) is 6.26. The highest BCUT2D eigenvalue weighted by Crippen LogP contribution is 2.18. The van der Waals surface area contributed by atoms with E-state index in [-0.39, 0.29) is 12.5 Å². The van der Waals surface area contributed by atoms with E-state index < -0.39 is 0 Å². The smallest absolute Gasteiger partial charge is 0.257 e. The first-order valence-electron chi connectivity index (χ1n) is 9.29. The molecule has 1 fully saturated rings. The minimum atomic E-state index is -0.0867. The van der Waals surface area contributed by atoms with Crippen molar-refractivity contribution in [3.8, 4) is 5.75 Å². The maximum absolute atomic E-state index is 11.9. The molecule has 5 nitrogen and oxygen atoms in total. The highest BCUT2D eigenvalue weighted by molar-refractivity contribution is 9.10. The number of piperazine rings is 1. The van der Waals surface area contributed by atoms with Gasteiger partial charge >= 0.3 is 0 Å². The fourth-order valence-electron chi connectivity index (χ4n) is 3.14. The van der Waals surface area contributed by atoms with Gasteiger partial charge in [-0.05, 0) is 48.9 Å². The van der Waals surface area contributed by atoms with Crippen LogP contribution < -0.4 is 15.0 Å². The van der Waals surface area contributed by atoms with Crippen LogP contribution in [0.5, 0.6) is 5.75 Å². The summed E-state index contributed by atoms with van der Waals surface area (Å²) >= 11 is 3.37. The van der Waals surface area contributed by atoms with E-state index in [0.29, 0.717) is 12.3 Å². The summed E-state index contributed by atoms with van der Waals surface area (Å²) in [5.41, 5.74) is 2.59. The fourth-order valence-corrected chi connectivity index (χ4v) is 3.40. The van der Waals surface area contributed by atoms with E-state index in [1.807, 2.05) is 24.3 Å². The van der Waals surface area contributed by atoms with Crippen LogP contribution in [0.25, 0.3) is 0 Å². The highest BCUT2D eigenvalue weighted by atomic mass is 79.9. The molecule has 1 heterocycles. The van der Waals surface area contributed by atoms with E-state index >= 15 is 0 Å². The molecule has 1 saturated heterocycles. The number of carbonyl (C=O) groups excluding carboxylic acids is 1. The van der Waals surface area contributed by atoms with Gasteiger partial charge in [0.15, 0.2) is 6.61 Å². The molecule has 1 aliphatic heterocycles. The van der Waals surface area contributed by atoms with Crippen LogP contribution in [0.4, 0.5) is 5.69 Å². The van der Waals surface area contributed by atoms with Crippen LogP contribution in [0.2, 0.25) is 0 Å². The second-order valence-corrected chi connectivity index (χ2v) is 7.68. The number of rotatable bonds is 7. The standard InChI is InChI=1S/C21H26BrN3O2/c1-17-3-2-4-19(15-17)25-13-11-24(12-14-25)10-9-23-21(26)16-27-20-7-5-18(22)6-8-20/h2-8,15H,9-14,16H2,1H3,(H,23,26). The number of halogens is 1. The summed E-state index contributed by atoms with van der Waals surface area (Å²) in [7, 11) is 0. The number of nitrogens with zero attached hydrogens (tertiary/aromatic N) is 2. The molecular weight excluding hydrogens is 406 g/mol. The molecule has 0 aliphatic carbocycles. The average molecular weight is 432 g/mol. The van der Waals surface area contributed by atoms with Gasteiger partial charge in [-0.15, -0.1) is 0 Å². The van der Waals surface area contributed by atoms with E-state index in [9.17, 15) is 4.79 Å². The molecule has 0 spiro atoms. The molecule has 2 aromatic carbocycles. The maximum Gasteiger partial charge on any atom is 0.257 e.